The fourth-order valence-electron chi connectivity index (χ4n) is 4.86. The summed E-state index contributed by atoms with van der Waals surface area (Å²) in [7, 11) is -2.58. The molecule has 32 heavy (non-hydrogen) atoms. The summed E-state index contributed by atoms with van der Waals surface area (Å²) in [4.78, 5) is 1.95. The fourth-order valence-corrected chi connectivity index (χ4v) is 5.65. The predicted molar refractivity (Wildman–Crippen MR) is 119 cm³/mol. The quantitative estimate of drug-likeness (QED) is 0.415. The minimum Gasteiger partial charge on any atom is -0.395 e. The minimum atomic E-state index is -4.58. The van der Waals surface area contributed by atoms with Gasteiger partial charge in [-0.25, -0.2) is 13.1 Å². The second-order valence-electron chi connectivity index (χ2n) is 8.59. The van der Waals surface area contributed by atoms with Crippen LogP contribution in [0.1, 0.15) is 58.3 Å². The molecule has 0 heterocycles. The number of unbranched alkanes of at least 4 members (excludes halogenated alkanes) is 1. The van der Waals surface area contributed by atoms with E-state index in [4.69, 9.17) is 9.84 Å². The maximum atomic E-state index is 14.6. The maximum Gasteiger partial charge on any atom is 0.400 e. The van der Waals surface area contributed by atoms with Gasteiger partial charge >= 0.3 is 6.18 Å². The molecule has 2 aliphatic carbocycles. The van der Waals surface area contributed by atoms with Crippen LogP contribution in [0.25, 0.3) is 0 Å². The van der Waals surface area contributed by atoms with Gasteiger partial charge in [-0.2, -0.15) is 13.2 Å². The van der Waals surface area contributed by atoms with E-state index < -0.39 is 33.6 Å². The first-order valence-corrected chi connectivity index (χ1v) is 12.9. The summed E-state index contributed by atoms with van der Waals surface area (Å²) < 4.78 is 76.2. The lowest BCUT2D eigenvalue weighted by atomic mass is 9.61. The average Bonchev–Trinajstić information content (AvgIpc) is 2.78. The second kappa shape index (κ2) is 11.5. The van der Waals surface area contributed by atoms with E-state index in [1.807, 2.05) is 6.92 Å². The molecule has 0 aromatic carbocycles. The van der Waals surface area contributed by atoms with Crippen LogP contribution in [-0.4, -0.2) is 70.1 Å². The zero-order chi connectivity index (χ0) is 23.9. The topological polar surface area (TPSA) is 78.9 Å². The van der Waals surface area contributed by atoms with Crippen LogP contribution in [0.4, 0.5) is 13.2 Å². The third-order valence-corrected chi connectivity index (χ3v) is 8.29. The molecule has 1 fully saturated rings. The van der Waals surface area contributed by atoms with Gasteiger partial charge in [-0.1, -0.05) is 38.3 Å². The van der Waals surface area contributed by atoms with Crippen LogP contribution in [0.2, 0.25) is 0 Å². The Morgan fingerprint density at radius 2 is 1.88 bits per heavy atom. The minimum absolute atomic E-state index is 0.0761. The van der Waals surface area contributed by atoms with Crippen molar-refractivity contribution < 1.29 is 31.4 Å². The molecule has 2 aliphatic rings. The molecule has 1 saturated carbocycles. The van der Waals surface area contributed by atoms with Crippen LogP contribution in [0.3, 0.4) is 0 Å². The third-order valence-electron chi connectivity index (χ3n) is 6.83. The van der Waals surface area contributed by atoms with Gasteiger partial charge in [0.25, 0.3) is 0 Å². The first-order valence-electron chi connectivity index (χ1n) is 11.4. The van der Waals surface area contributed by atoms with E-state index in [0.29, 0.717) is 38.6 Å². The van der Waals surface area contributed by atoms with E-state index in [2.05, 4.69) is 9.62 Å². The van der Waals surface area contributed by atoms with Gasteiger partial charge in [0.2, 0.25) is 10.0 Å². The monoisotopic (exact) mass is 482 g/mol. The first kappa shape index (κ1) is 27.3. The Balaban J connectivity index is 2.20. The number of likely N-dealkylation sites (N-methyl/N-ethyl adjacent to an activating group) is 1. The molecule has 0 amide bonds. The summed E-state index contributed by atoms with van der Waals surface area (Å²) in [6.45, 7) is 4.43. The van der Waals surface area contributed by atoms with Crippen LogP contribution in [-0.2, 0) is 14.8 Å². The Kier molecular flexibility index (Phi) is 9.78. The summed E-state index contributed by atoms with van der Waals surface area (Å²) in [5, 5.41) is 9.08. The first-order chi connectivity index (χ1) is 15.1. The summed E-state index contributed by atoms with van der Waals surface area (Å²) in [5.41, 5.74) is -3.65. The molecule has 0 aliphatic heterocycles. The Labute approximate surface area is 189 Å². The van der Waals surface area contributed by atoms with E-state index >= 15 is 0 Å². The van der Waals surface area contributed by atoms with Gasteiger partial charge < -0.3 is 14.7 Å². The lowest BCUT2D eigenvalue weighted by Crippen LogP contribution is -2.58. The number of sulfonamides is 1. The van der Waals surface area contributed by atoms with Crippen LogP contribution in [0, 0.1) is 5.41 Å². The van der Waals surface area contributed by atoms with Gasteiger partial charge in [0.05, 0.1) is 17.1 Å². The highest BCUT2D eigenvalue weighted by Crippen LogP contribution is 2.58. The number of allylic oxidation sites excluding steroid dienone is 2. The largest absolute Gasteiger partial charge is 0.400 e. The summed E-state index contributed by atoms with van der Waals surface area (Å²) in [6, 6.07) is 0. The number of rotatable bonds is 12. The molecule has 0 bridgehead atoms. The number of halogens is 3. The lowest BCUT2D eigenvalue weighted by molar-refractivity contribution is -0.282. The molecule has 10 heteroatoms. The summed E-state index contributed by atoms with van der Waals surface area (Å²) >= 11 is 0. The highest BCUT2D eigenvalue weighted by Gasteiger charge is 2.65. The summed E-state index contributed by atoms with van der Waals surface area (Å²) in [6.07, 6.45) is 2.40. The van der Waals surface area contributed by atoms with Gasteiger partial charge in [-0.05, 0) is 58.3 Å². The van der Waals surface area contributed by atoms with E-state index in [1.54, 1.807) is 0 Å². The number of ether oxygens (including phenoxy) is 1. The maximum absolute atomic E-state index is 14.6. The van der Waals surface area contributed by atoms with Crippen molar-refractivity contribution in [2.24, 2.45) is 5.41 Å². The van der Waals surface area contributed by atoms with Crippen molar-refractivity contribution in [3.05, 3.63) is 23.1 Å². The Hall–Kier alpha value is -0.940. The van der Waals surface area contributed by atoms with E-state index in [-0.39, 0.29) is 18.1 Å². The smallest absolute Gasteiger partial charge is 0.395 e. The second-order valence-corrected chi connectivity index (χ2v) is 10.5. The molecular weight excluding hydrogens is 445 g/mol. The third kappa shape index (κ3) is 5.94. The zero-order valence-electron chi connectivity index (χ0n) is 19.1. The number of aliphatic hydroxyl groups excluding tert-OH is 1. The van der Waals surface area contributed by atoms with Gasteiger partial charge in [-0.3, -0.25) is 0 Å². The molecule has 0 aromatic rings. The molecule has 186 valence electrons. The van der Waals surface area contributed by atoms with Crippen molar-refractivity contribution in [2.75, 3.05) is 39.9 Å². The van der Waals surface area contributed by atoms with Crippen LogP contribution in [0.5, 0.6) is 0 Å². The molecular formula is C22H37F3N2O4S. The number of nitrogens with zero attached hydrogens (tertiary/aromatic N) is 1. The normalized spacial score (nSPS) is 24.0. The van der Waals surface area contributed by atoms with Crippen LogP contribution in [0.15, 0.2) is 23.1 Å². The van der Waals surface area contributed by atoms with Crippen molar-refractivity contribution in [3.8, 4) is 0 Å². The van der Waals surface area contributed by atoms with Crippen molar-refractivity contribution in [3.63, 3.8) is 0 Å². The number of aliphatic hydroxyl groups is 1. The van der Waals surface area contributed by atoms with E-state index in [0.717, 1.165) is 38.1 Å². The molecule has 1 unspecified atom stereocenters. The molecule has 6 nitrogen and oxygen atoms in total. The van der Waals surface area contributed by atoms with Crippen molar-refractivity contribution >= 4 is 10.0 Å². The Morgan fingerprint density at radius 3 is 2.38 bits per heavy atom. The van der Waals surface area contributed by atoms with Crippen molar-refractivity contribution in [1.82, 2.24) is 9.62 Å². The van der Waals surface area contributed by atoms with Gasteiger partial charge in [0.1, 0.15) is 5.41 Å². The standard InChI is InChI=1S/C22H37F3N2O4S/c1-3-27(16-17-28)15-7-8-18-31-21(11-5-4-6-12-21)20(22(23,24)25)13-9-19(10-14-20)32(29,30)26-2/h9-10,13,26,28H,3-8,11-12,14-18H2,1-2H3. The number of alkyl halides is 3. The highest BCUT2D eigenvalue weighted by atomic mass is 32.2. The van der Waals surface area contributed by atoms with Gasteiger partial charge in [0.15, 0.2) is 0 Å². The SMILES string of the molecule is CCN(CCO)CCCCOC1(C2(C(F)(F)F)C=CC(S(=O)(=O)NC)=CC2)CCCCC1. The van der Waals surface area contributed by atoms with Crippen molar-refractivity contribution in [2.45, 2.75) is 70.1 Å². The zero-order valence-corrected chi connectivity index (χ0v) is 19.9. The summed E-state index contributed by atoms with van der Waals surface area (Å²) in [5.74, 6) is 0. The Bertz CT molecular complexity index is 762. The molecule has 0 radical (unpaired) electrons. The molecule has 2 N–H and O–H groups in total. The lowest BCUT2D eigenvalue weighted by Gasteiger charge is -2.52. The van der Waals surface area contributed by atoms with E-state index in [9.17, 15) is 21.6 Å². The Morgan fingerprint density at radius 1 is 1.19 bits per heavy atom. The number of hydrogen-bond acceptors (Lipinski definition) is 5. The van der Waals surface area contributed by atoms with Gasteiger partial charge in [-0.15, -0.1) is 0 Å². The molecule has 1 atom stereocenters. The van der Waals surface area contributed by atoms with Crippen molar-refractivity contribution in [1.29, 1.82) is 0 Å². The molecule has 2 rings (SSSR count). The molecule has 0 spiro atoms. The predicted octanol–water partition coefficient (Wildman–Crippen LogP) is 3.74. The van der Waals surface area contributed by atoms with Gasteiger partial charge in [0, 0.05) is 13.2 Å². The molecule has 0 aromatic heterocycles. The van der Waals surface area contributed by atoms with Crippen LogP contribution >= 0.6 is 0 Å². The molecule has 0 saturated heterocycles. The van der Waals surface area contributed by atoms with Crippen LogP contribution < -0.4 is 4.72 Å². The highest BCUT2D eigenvalue weighted by molar-refractivity contribution is 7.93. The number of hydrogen-bond donors (Lipinski definition) is 2. The number of nitrogens with one attached hydrogen (secondary N) is 1. The fraction of sp³-hybridized carbons (Fsp3) is 0.818. The van der Waals surface area contributed by atoms with E-state index in [1.165, 1.54) is 13.1 Å². The average molecular weight is 483 g/mol.